The molecule has 0 heterocycles. The van der Waals surface area contributed by atoms with Crippen molar-refractivity contribution in [2.75, 3.05) is 19.0 Å². The number of carbonyl (C=O) groups excluding carboxylic acids is 2. The number of phosphoric acid groups is 2. The summed E-state index contributed by atoms with van der Waals surface area (Å²) < 4.78 is 49.3. The number of unbranched alkanes of at least 4 members (excludes halogenated alkanes) is 23. The molecule has 0 spiro atoms. The Morgan fingerprint density at radius 2 is 0.915 bits per heavy atom. The monoisotopic (exact) mass is 908 g/mol. The maximum Gasteiger partial charge on any atom is 0.472 e. The molecule has 1 aliphatic carbocycles. The quantitative estimate of drug-likeness (QED) is 0.0130. The molecule has 1 fully saturated rings. The zero-order valence-electron chi connectivity index (χ0n) is 35.4. The van der Waals surface area contributed by atoms with Crippen molar-refractivity contribution in [1.82, 2.24) is 0 Å². The van der Waals surface area contributed by atoms with E-state index >= 15 is 0 Å². The van der Waals surface area contributed by atoms with E-state index in [1.165, 1.54) is 96.3 Å². The predicted molar refractivity (Wildman–Crippen MR) is 227 cm³/mol. The number of aliphatic hydroxyl groups excluding tert-OH is 4. The molecule has 8 atom stereocenters. The minimum absolute atomic E-state index is 0.0491. The molecule has 350 valence electrons. The zero-order chi connectivity index (χ0) is 43.9. The second kappa shape index (κ2) is 33.8. The van der Waals surface area contributed by atoms with Crippen LogP contribution in [0.15, 0.2) is 0 Å². The van der Waals surface area contributed by atoms with Crippen LogP contribution in [0.1, 0.15) is 180 Å². The van der Waals surface area contributed by atoms with E-state index < -0.39 is 83.5 Å². The number of phosphoric ester groups is 2. The lowest BCUT2D eigenvalue weighted by atomic mass is 9.85. The van der Waals surface area contributed by atoms with Gasteiger partial charge in [0.2, 0.25) is 0 Å². The van der Waals surface area contributed by atoms with E-state index in [0.717, 1.165) is 57.1 Å². The van der Waals surface area contributed by atoms with Crippen LogP contribution in [0.25, 0.3) is 0 Å². The van der Waals surface area contributed by atoms with Crippen LogP contribution in [-0.4, -0.2) is 109 Å². The maximum atomic E-state index is 12.9. The summed E-state index contributed by atoms with van der Waals surface area (Å²) in [4.78, 5) is 54.1. The molecule has 0 aromatic carbocycles. The van der Waals surface area contributed by atoms with Crippen molar-refractivity contribution in [3.05, 3.63) is 0 Å². The molecule has 0 radical (unpaired) electrons. The van der Waals surface area contributed by atoms with Gasteiger partial charge in [-0.1, -0.05) is 148 Å². The summed E-state index contributed by atoms with van der Waals surface area (Å²) in [5.74, 6) is -0.254. The number of ether oxygens (including phenoxy) is 2. The van der Waals surface area contributed by atoms with E-state index in [0.29, 0.717) is 12.8 Å². The van der Waals surface area contributed by atoms with Gasteiger partial charge in [0.1, 0.15) is 43.2 Å². The highest BCUT2D eigenvalue weighted by molar-refractivity contribution is 7.80. The number of rotatable bonds is 38. The van der Waals surface area contributed by atoms with Gasteiger partial charge in [-0.25, -0.2) is 9.13 Å². The molecule has 0 saturated heterocycles. The van der Waals surface area contributed by atoms with E-state index in [1.54, 1.807) is 0 Å². The molecule has 16 nitrogen and oxygen atoms in total. The van der Waals surface area contributed by atoms with Crippen molar-refractivity contribution < 1.29 is 76.9 Å². The largest absolute Gasteiger partial charge is 0.472 e. The van der Waals surface area contributed by atoms with Gasteiger partial charge in [0.15, 0.2) is 6.10 Å². The fraction of sp³-hybridized carbons (Fsp3) is 0.950. The van der Waals surface area contributed by atoms with Crippen LogP contribution in [-0.2, 0) is 41.8 Å². The number of esters is 2. The van der Waals surface area contributed by atoms with E-state index in [4.69, 9.17) is 28.3 Å². The molecule has 0 amide bonds. The van der Waals surface area contributed by atoms with Crippen molar-refractivity contribution in [3.8, 4) is 0 Å². The Balaban J connectivity index is 2.61. The van der Waals surface area contributed by atoms with Gasteiger partial charge >= 0.3 is 27.6 Å². The smallest absolute Gasteiger partial charge is 0.462 e. The molecule has 7 N–H and O–H groups in total. The summed E-state index contributed by atoms with van der Waals surface area (Å²) in [6.45, 7) is 0.881. The number of aliphatic hydroxyl groups is 4. The van der Waals surface area contributed by atoms with Gasteiger partial charge in [-0.3, -0.25) is 23.2 Å². The van der Waals surface area contributed by atoms with Gasteiger partial charge < -0.3 is 44.6 Å². The molecule has 4 unspecified atom stereocenters. The lowest BCUT2D eigenvalue weighted by molar-refractivity contribution is -0.216. The third-order valence-electron chi connectivity index (χ3n) is 10.5. The standard InChI is InChI=1S/C40H78O16P2S/c1-2-3-4-5-6-7-8-9-13-16-19-22-25-28-34(42)54-32(30-52-33(41)27-24-21-18-15-12-10-11-14-17-20-23-26-29-59)31-53-58(50,51)56-40-37(45)35(43)36(44)39(38(40)46)55-57(47,48)49/h32,35-40,43-46,59H,2-31H2,1H3,(H,50,51)(H2,47,48,49)/t32-,35-,36?,37-,38?,39+,40?/m1/s1. The first-order valence-corrected chi connectivity index (χ1v) is 25.9. The summed E-state index contributed by atoms with van der Waals surface area (Å²) in [7, 11) is -10.7. The highest BCUT2D eigenvalue weighted by Crippen LogP contribution is 2.49. The van der Waals surface area contributed by atoms with Crippen LogP contribution in [0.4, 0.5) is 0 Å². The van der Waals surface area contributed by atoms with E-state index in [-0.39, 0.29) is 12.8 Å². The third kappa shape index (κ3) is 28.6. The molecular weight excluding hydrogens is 830 g/mol. The van der Waals surface area contributed by atoms with Crippen LogP contribution in [0.2, 0.25) is 0 Å². The van der Waals surface area contributed by atoms with Gasteiger partial charge in [-0.05, 0) is 25.0 Å². The lowest BCUT2D eigenvalue weighted by Gasteiger charge is -2.43. The first kappa shape index (κ1) is 56.4. The molecule has 0 aromatic heterocycles. The van der Waals surface area contributed by atoms with Gasteiger partial charge in [0.05, 0.1) is 6.61 Å². The summed E-state index contributed by atoms with van der Waals surface area (Å²) in [6.07, 6.45) is 13.3. The molecule has 0 aliphatic heterocycles. The normalized spacial score (nSPS) is 22.5. The molecule has 0 bridgehead atoms. The number of hydrogen-bond acceptors (Lipinski definition) is 14. The maximum absolute atomic E-state index is 12.9. The van der Waals surface area contributed by atoms with Crippen LogP contribution in [0.3, 0.4) is 0 Å². The average Bonchev–Trinajstić information content (AvgIpc) is 3.18. The summed E-state index contributed by atoms with van der Waals surface area (Å²) in [5, 5.41) is 41.1. The number of carbonyl (C=O) groups is 2. The first-order valence-electron chi connectivity index (χ1n) is 22.2. The van der Waals surface area contributed by atoms with Crippen LogP contribution in [0, 0.1) is 0 Å². The van der Waals surface area contributed by atoms with Gasteiger partial charge in [-0.15, -0.1) is 0 Å². The minimum Gasteiger partial charge on any atom is -0.462 e. The molecular formula is C40H78O16P2S. The Hall–Kier alpha value is -0.650. The van der Waals surface area contributed by atoms with E-state index in [9.17, 15) is 44.0 Å². The minimum atomic E-state index is -5.36. The van der Waals surface area contributed by atoms with Crippen molar-refractivity contribution in [3.63, 3.8) is 0 Å². The van der Waals surface area contributed by atoms with Crippen LogP contribution in [0.5, 0.6) is 0 Å². The van der Waals surface area contributed by atoms with Gasteiger partial charge in [0.25, 0.3) is 0 Å². The summed E-state index contributed by atoms with van der Waals surface area (Å²) in [6, 6.07) is 0. The van der Waals surface area contributed by atoms with Crippen molar-refractivity contribution in [1.29, 1.82) is 0 Å². The molecule has 1 rings (SSSR count). The molecule has 1 aliphatic rings. The first-order chi connectivity index (χ1) is 28.1. The topological polar surface area (TPSA) is 256 Å². The van der Waals surface area contributed by atoms with Gasteiger partial charge in [0, 0.05) is 12.8 Å². The lowest BCUT2D eigenvalue weighted by Crippen LogP contribution is -2.64. The number of thiol groups is 1. The van der Waals surface area contributed by atoms with E-state index in [1.807, 2.05) is 0 Å². The Kier molecular flexibility index (Phi) is 32.3. The highest BCUT2D eigenvalue weighted by atomic mass is 32.1. The Morgan fingerprint density at radius 3 is 1.34 bits per heavy atom. The summed E-state index contributed by atoms with van der Waals surface area (Å²) in [5.41, 5.74) is 0. The SMILES string of the molecule is CCCCCCCCCCCCCCCC(=O)O[C@H](COC(=O)CCCCCCCCCCCCCCS)COP(=O)(O)OC1C(O)[C@@H](OP(=O)(O)O)C(O)[C@@H](O)[C@H]1O. The third-order valence-corrected chi connectivity index (χ3v) is 12.3. The predicted octanol–water partition coefficient (Wildman–Crippen LogP) is 7.36. The highest BCUT2D eigenvalue weighted by Gasteiger charge is 2.54. The average molecular weight is 909 g/mol. The molecule has 59 heavy (non-hydrogen) atoms. The zero-order valence-corrected chi connectivity index (χ0v) is 38.1. The van der Waals surface area contributed by atoms with Crippen LogP contribution >= 0.6 is 28.3 Å². The summed E-state index contributed by atoms with van der Waals surface area (Å²) >= 11 is 4.24. The fourth-order valence-corrected chi connectivity index (χ4v) is 8.77. The Labute approximate surface area is 358 Å². The second-order valence-corrected chi connectivity index (χ2v) is 18.9. The van der Waals surface area contributed by atoms with Gasteiger partial charge in [-0.2, -0.15) is 12.6 Å². The molecule has 19 heteroatoms. The fourth-order valence-electron chi connectivity index (χ4n) is 7.01. The Bertz CT molecular complexity index is 1180. The molecule has 0 aromatic rings. The second-order valence-electron chi connectivity index (χ2n) is 15.9. The van der Waals surface area contributed by atoms with Crippen molar-refractivity contribution in [2.24, 2.45) is 0 Å². The number of hydrogen-bond donors (Lipinski definition) is 8. The van der Waals surface area contributed by atoms with E-state index in [2.05, 4.69) is 24.1 Å². The molecule has 1 saturated carbocycles. The van der Waals surface area contributed by atoms with Crippen molar-refractivity contribution in [2.45, 2.75) is 223 Å². The van der Waals surface area contributed by atoms with Crippen LogP contribution < -0.4 is 0 Å². The Morgan fingerprint density at radius 1 is 0.525 bits per heavy atom. The van der Waals surface area contributed by atoms with Crippen molar-refractivity contribution >= 4 is 40.2 Å².